The van der Waals surface area contributed by atoms with Crippen LogP contribution in [0.25, 0.3) is 0 Å². The van der Waals surface area contributed by atoms with E-state index in [1.807, 2.05) is 0 Å². The topological polar surface area (TPSA) is 167 Å². The molecule has 0 aromatic carbocycles. The molecule has 84 valence electrons. The van der Waals surface area contributed by atoms with Crippen molar-refractivity contribution >= 4 is 32.4 Å². The number of carbonyl (C=O) groups is 1. The third kappa shape index (κ3) is 3.17. The number of rotatable bonds is 3. The van der Waals surface area contributed by atoms with Crippen molar-refractivity contribution in [1.82, 2.24) is 10.2 Å². The van der Waals surface area contributed by atoms with Crippen LogP contribution in [0.1, 0.15) is 0 Å². The highest BCUT2D eigenvalue weighted by molar-refractivity contribution is 7.91. The summed E-state index contributed by atoms with van der Waals surface area (Å²) in [4.78, 5) is 11.0. The largest absolute Gasteiger partial charge is 0.308 e. The van der Waals surface area contributed by atoms with Crippen LogP contribution in [0, 0.1) is 0 Å². The number of nitrogens with two attached hydrogens (primary N) is 3. The number of aromatic nitrogens is 2. The smallest absolute Gasteiger partial charge is 0.267 e. The van der Waals surface area contributed by atoms with Crippen LogP contribution in [0.4, 0.5) is 5.13 Å². The average molecular weight is 252 g/mol. The number of hydrogen-bond donors (Lipinski definition) is 4. The maximum atomic E-state index is 11.0. The molecule has 1 heterocycles. The first-order valence-electron chi connectivity index (χ1n) is 3.49. The predicted molar refractivity (Wildman–Crippen MR) is 52.1 cm³/mol. The quantitative estimate of drug-likeness (QED) is 0.337. The number of nitrogens with zero attached hydrogens (tertiary/aromatic N) is 2. The highest BCUT2D eigenvalue weighted by Crippen LogP contribution is 2.18. The Hall–Kier alpha value is -1.14. The fourth-order valence-corrected chi connectivity index (χ4v) is 1.90. The average Bonchev–Trinajstić information content (AvgIpc) is 2.51. The second kappa shape index (κ2) is 4.16. The molecule has 0 spiro atoms. The maximum Gasteiger partial charge on any atom is 0.267 e. The van der Waals surface area contributed by atoms with Crippen LogP contribution in [-0.4, -0.2) is 30.7 Å². The van der Waals surface area contributed by atoms with Gasteiger partial charge < -0.3 is 11.5 Å². The molecule has 1 aromatic rings. The second-order valence-corrected chi connectivity index (χ2v) is 5.15. The zero-order valence-electron chi connectivity index (χ0n) is 7.25. The number of hydrogen-bond acceptors (Lipinski definition) is 8. The summed E-state index contributed by atoms with van der Waals surface area (Å²) >= 11 is 0.607. The minimum Gasteiger partial charge on any atom is -0.308 e. The first kappa shape index (κ1) is 11.9. The summed E-state index contributed by atoms with van der Waals surface area (Å²) < 4.78 is 21.2. The van der Waals surface area contributed by atoms with Crippen LogP contribution in [0.5, 0.6) is 0 Å². The molecule has 9 nitrogen and oxygen atoms in total. The Bertz CT molecular complexity index is 464. The van der Waals surface area contributed by atoms with E-state index < -0.39 is 26.4 Å². The van der Waals surface area contributed by atoms with Gasteiger partial charge in [0.25, 0.3) is 15.9 Å². The normalized spacial score (nSPS) is 11.7. The lowest BCUT2D eigenvalue weighted by Crippen LogP contribution is -2.43. The summed E-state index contributed by atoms with van der Waals surface area (Å²) in [6.45, 7) is 0. The zero-order valence-corrected chi connectivity index (χ0v) is 8.88. The lowest BCUT2D eigenvalue weighted by molar-refractivity contribution is -0.117. The number of amides is 1. The van der Waals surface area contributed by atoms with Gasteiger partial charge in [-0.2, -0.15) is 0 Å². The van der Waals surface area contributed by atoms with E-state index in [1.54, 1.807) is 0 Å². The lowest BCUT2D eigenvalue weighted by Gasteiger charge is -2.02. The van der Waals surface area contributed by atoms with Gasteiger partial charge in [0.1, 0.15) is 6.17 Å². The molecular formula is C4H8N6O3S2. The Morgan fingerprint density at radius 2 is 2.00 bits per heavy atom. The van der Waals surface area contributed by atoms with Gasteiger partial charge in [0.15, 0.2) is 0 Å². The Labute approximate surface area is 88.7 Å². The van der Waals surface area contributed by atoms with Crippen molar-refractivity contribution in [2.24, 2.45) is 16.6 Å². The SMILES string of the molecule is NC(N)C(=O)Nc1nnc(S(N)(=O)=O)s1. The van der Waals surface area contributed by atoms with Crippen molar-refractivity contribution < 1.29 is 13.2 Å². The van der Waals surface area contributed by atoms with Crippen LogP contribution in [-0.2, 0) is 14.8 Å². The Morgan fingerprint density at radius 3 is 2.40 bits per heavy atom. The van der Waals surface area contributed by atoms with Crippen LogP contribution in [0.2, 0.25) is 0 Å². The molecule has 0 bridgehead atoms. The van der Waals surface area contributed by atoms with E-state index >= 15 is 0 Å². The third-order valence-corrected chi connectivity index (χ3v) is 3.33. The molecule has 1 aromatic heterocycles. The van der Waals surface area contributed by atoms with E-state index in [2.05, 4.69) is 15.5 Å². The van der Waals surface area contributed by atoms with E-state index in [0.29, 0.717) is 11.3 Å². The number of primary sulfonamides is 1. The molecule has 7 N–H and O–H groups in total. The van der Waals surface area contributed by atoms with Gasteiger partial charge in [0.05, 0.1) is 0 Å². The number of sulfonamides is 1. The second-order valence-electron chi connectivity index (χ2n) is 2.43. The Morgan fingerprint density at radius 1 is 1.40 bits per heavy atom. The number of carbonyl (C=O) groups excluding carboxylic acids is 1. The third-order valence-electron chi connectivity index (χ3n) is 1.18. The summed E-state index contributed by atoms with van der Waals surface area (Å²) in [5.41, 5.74) is 10.1. The highest BCUT2D eigenvalue weighted by Gasteiger charge is 2.17. The van der Waals surface area contributed by atoms with Crippen molar-refractivity contribution in [3.63, 3.8) is 0 Å². The van der Waals surface area contributed by atoms with Crippen molar-refractivity contribution in [3.05, 3.63) is 0 Å². The van der Waals surface area contributed by atoms with E-state index in [0.717, 1.165) is 0 Å². The molecule has 15 heavy (non-hydrogen) atoms. The first-order chi connectivity index (χ1) is 6.80. The summed E-state index contributed by atoms with van der Waals surface area (Å²) in [5.74, 6) is -0.702. The maximum absolute atomic E-state index is 11.0. The van der Waals surface area contributed by atoms with Gasteiger partial charge in [-0.05, 0) is 0 Å². The fraction of sp³-hybridized carbons (Fsp3) is 0.250. The van der Waals surface area contributed by atoms with Gasteiger partial charge in [-0.15, -0.1) is 10.2 Å². The summed E-state index contributed by atoms with van der Waals surface area (Å²) in [7, 11) is -3.91. The summed E-state index contributed by atoms with van der Waals surface area (Å²) in [5, 5.41) is 13.5. The number of anilines is 1. The van der Waals surface area contributed by atoms with Gasteiger partial charge in [-0.1, -0.05) is 11.3 Å². The van der Waals surface area contributed by atoms with Crippen LogP contribution < -0.4 is 21.9 Å². The van der Waals surface area contributed by atoms with Crippen molar-refractivity contribution in [2.45, 2.75) is 10.5 Å². The van der Waals surface area contributed by atoms with Crippen LogP contribution in [0.15, 0.2) is 4.34 Å². The fourth-order valence-electron chi connectivity index (χ4n) is 0.564. The summed E-state index contributed by atoms with van der Waals surface area (Å²) in [6, 6.07) is 0. The van der Waals surface area contributed by atoms with Gasteiger partial charge in [-0.3, -0.25) is 10.1 Å². The summed E-state index contributed by atoms with van der Waals surface area (Å²) in [6.07, 6.45) is -1.22. The molecule has 0 saturated heterocycles. The van der Waals surface area contributed by atoms with E-state index in [9.17, 15) is 13.2 Å². The van der Waals surface area contributed by atoms with Crippen LogP contribution >= 0.6 is 11.3 Å². The zero-order chi connectivity index (χ0) is 11.6. The van der Waals surface area contributed by atoms with Gasteiger partial charge >= 0.3 is 0 Å². The molecule has 0 aliphatic heterocycles. The molecule has 0 unspecified atom stereocenters. The monoisotopic (exact) mass is 252 g/mol. The molecule has 0 radical (unpaired) electrons. The van der Waals surface area contributed by atoms with E-state index in [1.165, 1.54) is 0 Å². The molecule has 1 rings (SSSR count). The Balaban J connectivity index is 2.83. The van der Waals surface area contributed by atoms with Crippen molar-refractivity contribution in [1.29, 1.82) is 0 Å². The van der Waals surface area contributed by atoms with Gasteiger partial charge in [0.2, 0.25) is 9.47 Å². The van der Waals surface area contributed by atoms with Crippen molar-refractivity contribution in [3.8, 4) is 0 Å². The molecule has 0 saturated carbocycles. The van der Waals surface area contributed by atoms with Crippen LogP contribution in [0.3, 0.4) is 0 Å². The first-order valence-corrected chi connectivity index (χ1v) is 5.85. The van der Waals surface area contributed by atoms with E-state index in [-0.39, 0.29) is 5.13 Å². The van der Waals surface area contributed by atoms with Crippen molar-refractivity contribution in [2.75, 3.05) is 5.32 Å². The molecule has 0 fully saturated rings. The minimum absolute atomic E-state index is 0.0371. The minimum atomic E-state index is -3.91. The van der Waals surface area contributed by atoms with Gasteiger partial charge in [-0.25, -0.2) is 13.6 Å². The molecule has 11 heteroatoms. The highest BCUT2D eigenvalue weighted by atomic mass is 32.2. The standard InChI is InChI=1S/C4H8N6O3S2/c5-1(6)2(11)8-3-9-10-4(14-3)15(7,12)13/h1H,5-6H2,(H2,7,12,13)(H,8,9,11). The number of nitrogens with one attached hydrogen (secondary N) is 1. The lowest BCUT2D eigenvalue weighted by atomic mass is 10.5. The Kier molecular flexibility index (Phi) is 3.31. The van der Waals surface area contributed by atoms with Gasteiger partial charge in [0, 0.05) is 0 Å². The molecule has 0 aliphatic rings. The van der Waals surface area contributed by atoms with E-state index in [4.69, 9.17) is 16.6 Å². The predicted octanol–water partition coefficient (Wildman–Crippen LogP) is -2.63. The molecule has 1 amide bonds. The molecule has 0 atom stereocenters. The molecular weight excluding hydrogens is 244 g/mol. The molecule has 0 aliphatic carbocycles.